The number of hydrogen-bond acceptors (Lipinski definition) is 14. The number of amides is 4. The average molecular weight is 1040 g/mol. The van der Waals surface area contributed by atoms with Crippen LogP contribution in [0.1, 0.15) is 90.5 Å². The zero-order valence-electron chi connectivity index (χ0n) is 41.9. The maximum Gasteiger partial charge on any atom is 0.246 e. The minimum atomic E-state index is -0.965. The predicted molar refractivity (Wildman–Crippen MR) is 279 cm³/mol. The SMILES string of the molecule is Cc1ncsc1-c1ccc(CNC(=O)C2CC(O)CN2C(=O)C(NC(=O)COCC2CNCC(COCCNC(=O)CC3N=C(c4ccc(Cl)cc4)c4c(sc(C)c4C)-n4c(C)nnc43)C2)C(C)(C)C)cc1. The summed E-state index contributed by atoms with van der Waals surface area (Å²) in [6.07, 6.45) is 0.122. The Labute approximate surface area is 433 Å². The summed E-state index contributed by atoms with van der Waals surface area (Å²) in [7, 11) is 0. The molecule has 17 nitrogen and oxygen atoms in total. The van der Waals surface area contributed by atoms with Gasteiger partial charge in [0, 0.05) is 60.2 Å². The Morgan fingerprint density at radius 3 is 2.32 bits per heavy atom. The van der Waals surface area contributed by atoms with E-state index in [0.717, 1.165) is 74.4 Å². The first-order valence-electron chi connectivity index (χ1n) is 24.5. The summed E-state index contributed by atoms with van der Waals surface area (Å²) in [5.74, 6) is 0.254. The zero-order valence-corrected chi connectivity index (χ0v) is 44.3. The summed E-state index contributed by atoms with van der Waals surface area (Å²) in [6, 6.07) is 13.1. The zero-order chi connectivity index (χ0) is 51.3. The number of β-amino-alcohol motifs (C(OH)–C–C–N with tert-alkyl or cyclic N) is 1. The number of aromatic nitrogens is 4. The van der Waals surface area contributed by atoms with Crippen molar-refractivity contribution >= 4 is 63.6 Å². The molecule has 6 atom stereocenters. The number of benzene rings is 2. The molecule has 6 unspecified atom stereocenters. The number of aryl methyl sites for hydroxylation is 3. The van der Waals surface area contributed by atoms with Gasteiger partial charge >= 0.3 is 0 Å². The highest BCUT2D eigenvalue weighted by atomic mass is 35.5. The standard InChI is InChI=1S/C52H65ClN10O7S2/c1-29-31(3)72-51-44(29)45(36-12-14-38(53)15-13-36)58-40(48-61-60-32(4)63(48)51)20-42(65)55-16-17-69-25-34-18-35(22-54-21-34)26-70-27-43(66)59-47(52(5,6)7)50(68)62-24-39(64)19-41(62)49(67)56-23-33-8-10-37(11-9-33)46-30(2)57-28-71-46/h8-15,28,34-35,39-41,47,54,64H,16-27H2,1-7H3,(H,55,65)(H,56,67)(H,59,66). The molecule has 5 N–H and O–H groups in total. The van der Waals surface area contributed by atoms with Crippen molar-refractivity contribution in [2.75, 3.05) is 52.6 Å². The van der Waals surface area contributed by atoms with Gasteiger partial charge in [-0.1, -0.05) is 68.8 Å². The van der Waals surface area contributed by atoms with Gasteiger partial charge in [-0.25, -0.2) is 4.98 Å². The maximum atomic E-state index is 14.1. The number of aliphatic hydroxyl groups excluding tert-OH is 1. The number of likely N-dealkylation sites (tertiary alicyclic amines) is 1. The lowest BCUT2D eigenvalue weighted by atomic mass is 9.85. The lowest BCUT2D eigenvalue weighted by molar-refractivity contribution is -0.144. The van der Waals surface area contributed by atoms with Gasteiger partial charge in [0.2, 0.25) is 23.6 Å². The second-order valence-electron chi connectivity index (χ2n) is 20.1. The number of piperidine rings is 1. The molecular formula is C52H65ClN10O7S2. The number of nitrogens with one attached hydrogen (secondary N) is 4. The quantitative estimate of drug-likeness (QED) is 0.0661. The monoisotopic (exact) mass is 1040 g/mol. The molecule has 4 amide bonds. The van der Waals surface area contributed by atoms with E-state index in [1.165, 1.54) is 9.78 Å². The molecule has 8 rings (SSSR count). The molecule has 20 heteroatoms. The highest BCUT2D eigenvalue weighted by molar-refractivity contribution is 7.15. The predicted octanol–water partition coefficient (Wildman–Crippen LogP) is 5.81. The molecule has 0 radical (unpaired) electrons. The molecule has 0 bridgehead atoms. The van der Waals surface area contributed by atoms with Crippen molar-refractivity contribution in [3.63, 3.8) is 0 Å². The van der Waals surface area contributed by atoms with Crippen LogP contribution in [0.3, 0.4) is 0 Å². The number of hydrogen-bond donors (Lipinski definition) is 5. The molecule has 384 valence electrons. The van der Waals surface area contributed by atoms with Gasteiger partial charge in [-0.2, -0.15) is 0 Å². The second kappa shape index (κ2) is 23.2. The van der Waals surface area contributed by atoms with Crippen LogP contribution < -0.4 is 21.3 Å². The number of carbonyl (C=O) groups is 4. The van der Waals surface area contributed by atoms with Crippen molar-refractivity contribution in [1.82, 2.24) is 45.9 Å². The number of ether oxygens (including phenoxy) is 2. The van der Waals surface area contributed by atoms with Crippen LogP contribution in [0.25, 0.3) is 15.4 Å². The summed E-state index contributed by atoms with van der Waals surface area (Å²) in [6.45, 7) is 16.6. The molecule has 3 aromatic heterocycles. The van der Waals surface area contributed by atoms with Gasteiger partial charge in [0.1, 0.15) is 35.6 Å². The molecular weight excluding hydrogens is 976 g/mol. The molecule has 3 aliphatic heterocycles. The minimum absolute atomic E-state index is 0.0157. The van der Waals surface area contributed by atoms with Crippen molar-refractivity contribution < 1.29 is 33.8 Å². The van der Waals surface area contributed by atoms with Crippen molar-refractivity contribution in [2.45, 2.75) is 98.5 Å². The summed E-state index contributed by atoms with van der Waals surface area (Å²) in [5.41, 5.74) is 7.84. The Morgan fingerprint density at radius 2 is 1.62 bits per heavy atom. The molecule has 0 aliphatic carbocycles. The highest BCUT2D eigenvalue weighted by Crippen LogP contribution is 2.40. The van der Waals surface area contributed by atoms with Gasteiger partial charge in [0.05, 0.1) is 54.1 Å². The van der Waals surface area contributed by atoms with Crippen LogP contribution in [-0.4, -0.2) is 130 Å². The molecule has 72 heavy (non-hydrogen) atoms. The highest BCUT2D eigenvalue weighted by Gasteiger charge is 2.44. The number of halogens is 1. The summed E-state index contributed by atoms with van der Waals surface area (Å²) < 4.78 is 14.0. The first-order chi connectivity index (χ1) is 34.4. The Kier molecular flexibility index (Phi) is 17.0. The lowest BCUT2D eigenvalue weighted by Crippen LogP contribution is -2.58. The average Bonchev–Trinajstić information content (AvgIpc) is 4.12. The fourth-order valence-electron chi connectivity index (χ4n) is 9.58. The van der Waals surface area contributed by atoms with E-state index in [1.807, 2.05) is 93.2 Å². The number of rotatable bonds is 18. The lowest BCUT2D eigenvalue weighted by Gasteiger charge is -2.35. The van der Waals surface area contributed by atoms with Crippen LogP contribution in [0.4, 0.5) is 0 Å². The summed E-state index contributed by atoms with van der Waals surface area (Å²) in [4.78, 5) is 67.6. The molecule has 2 saturated heterocycles. The fraction of sp³-hybridized carbons (Fsp3) is 0.500. The third-order valence-electron chi connectivity index (χ3n) is 13.5. The number of thiophene rings is 1. The van der Waals surface area contributed by atoms with E-state index in [2.05, 4.69) is 50.3 Å². The van der Waals surface area contributed by atoms with Gasteiger partial charge in [-0.3, -0.25) is 28.7 Å². The molecule has 0 spiro atoms. The molecule has 2 fully saturated rings. The van der Waals surface area contributed by atoms with Crippen LogP contribution in [0, 0.1) is 44.9 Å². The van der Waals surface area contributed by atoms with E-state index in [4.69, 9.17) is 26.1 Å². The largest absolute Gasteiger partial charge is 0.391 e. The maximum absolute atomic E-state index is 14.1. The first kappa shape index (κ1) is 52.9. The smallest absolute Gasteiger partial charge is 0.246 e. The Morgan fingerprint density at radius 1 is 0.917 bits per heavy atom. The fourth-order valence-corrected chi connectivity index (χ4v) is 11.7. The third-order valence-corrected chi connectivity index (χ3v) is 15.9. The van der Waals surface area contributed by atoms with E-state index >= 15 is 0 Å². The Bertz CT molecular complexity index is 2770. The van der Waals surface area contributed by atoms with Crippen LogP contribution >= 0.6 is 34.3 Å². The van der Waals surface area contributed by atoms with E-state index in [1.54, 1.807) is 22.7 Å². The number of carbonyl (C=O) groups excluding carboxylic acids is 4. The summed E-state index contributed by atoms with van der Waals surface area (Å²) in [5, 5.41) is 33.4. The second-order valence-corrected chi connectivity index (χ2v) is 22.6. The van der Waals surface area contributed by atoms with E-state index in [-0.39, 0.29) is 56.2 Å². The van der Waals surface area contributed by atoms with Crippen molar-refractivity contribution in [1.29, 1.82) is 0 Å². The van der Waals surface area contributed by atoms with Gasteiger partial charge in [0.25, 0.3) is 0 Å². The number of nitrogens with zero attached hydrogens (tertiary/aromatic N) is 6. The van der Waals surface area contributed by atoms with E-state index in [9.17, 15) is 24.3 Å². The van der Waals surface area contributed by atoms with Gasteiger partial charge in [-0.05, 0) is 80.2 Å². The van der Waals surface area contributed by atoms with Crippen molar-refractivity contribution in [3.8, 4) is 15.4 Å². The van der Waals surface area contributed by atoms with Gasteiger partial charge in [-0.15, -0.1) is 32.9 Å². The molecule has 6 heterocycles. The van der Waals surface area contributed by atoms with Crippen LogP contribution in [0.5, 0.6) is 0 Å². The number of thiazole rings is 1. The summed E-state index contributed by atoms with van der Waals surface area (Å²) >= 11 is 9.49. The van der Waals surface area contributed by atoms with Gasteiger partial charge in [0.15, 0.2) is 5.82 Å². The normalized spacial score (nSPS) is 20.3. The molecule has 3 aliphatic rings. The molecule has 5 aromatic rings. The number of aliphatic imine (C=N–C) groups is 1. The topological polar surface area (TPSA) is 214 Å². The molecule has 2 aromatic carbocycles. The minimum Gasteiger partial charge on any atom is -0.391 e. The van der Waals surface area contributed by atoms with Crippen LogP contribution in [-0.2, 0) is 35.2 Å². The third kappa shape index (κ3) is 12.5. The number of fused-ring (bicyclic) bond motifs is 3. The van der Waals surface area contributed by atoms with E-state index in [0.29, 0.717) is 37.2 Å². The van der Waals surface area contributed by atoms with Crippen molar-refractivity contribution in [3.05, 3.63) is 104 Å². The first-order valence-corrected chi connectivity index (χ1v) is 26.6. The molecule has 0 saturated carbocycles. The van der Waals surface area contributed by atoms with E-state index < -0.39 is 41.5 Å². The number of aliphatic hydroxyl groups is 1. The van der Waals surface area contributed by atoms with Crippen molar-refractivity contribution in [2.24, 2.45) is 22.2 Å². The van der Waals surface area contributed by atoms with Gasteiger partial charge < -0.3 is 40.7 Å². The Hall–Kier alpha value is -5.41. The van der Waals surface area contributed by atoms with Crippen LogP contribution in [0.15, 0.2) is 59.0 Å². The Balaban J connectivity index is 0.767. The van der Waals surface area contributed by atoms with Crippen LogP contribution in [0.2, 0.25) is 5.02 Å².